The van der Waals surface area contributed by atoms with Crippen molar-refractivity contribution in [2.75, 3.05) is 7.05 Å². The summed E-state index contributed by atoms with van der Waals surface area (Å²) in [6.07, 6.45) is 2.03. The first-order valence-electron chi connectivity index (χ1n) is 6.63. The molecule has 0 spiro atoms. The summed E-state index contributed by atoms with van der Waals surface area (Å²) in [5.41, 5.74) is 6.43. The van der Waals surface area contributed by atoms with Crippen molar-refractivity contribution in [2.24, 2.45) is 5.73 Å². The van der Waals surface area contributed by atoms with E-state index in [9.17, 15) is 14.9 Å². The predicted octanol–water partition coefficient (Wildman–Crippen LogP) is 2.07. The molecule has 0 saturated heterocycles. The van der Waals surface area contributed by atoms with Crippen LogP contribution < -0.4 is 5.73 Å². The van der Waals surface area contributed by atoms with Crippen LogP contribution in [-0.4, -0.2) is 28.8 Å². The summed E-state index contributed by atoms with van der Waals surface area (Å²) in [5, 5.41) is 10.7. The fourth-order valence-electron chi connectivity index (χ4n) is 1.90. The molecule has 1 unspecified atom stereocenters. The van der Waals surface area contributed by atoms with Gasteiger partial charge < -0.3 is 10.6 Å². The zero-order chi connectivity index (χ0) is 15.1. The van der Waals surface area contributed by atoms with E-state index in [0.29, 0.717) is 13.0 Å². The average molecular weight is 279 g/mol. The van der Waals surface area contributed by atoms with Crippen LogP contribution >= 0.6 is 0 Å². The Morgan fingerprint density at radius 2 is 2.20 bits per heavy atom. The summed E-state index contributed by atoms with van der Waals surface area (Å²) in [7, 11) is 1.70. The summed E-state index contributed by atoms with van der Waals surface area (Å²) < 4.78 is 0. The van der Waals surface area contributed by atoms with E-state index >= 15 is 0 Å². The maximum Gasteiger partial charge on any atom is 0.269 e. The van der Waals surface area contributed by atoms with Crippen LogP contribution in [0.5, 0.6) is 0 Å². The number of nitrogens with zero attached hydrogens (tertiary/aromatic N) is 2. The Balaban J connectivity index is 2.52. The fourth-order valence-corrected chi connectivity index (χ4v) is 1.90. The van der Waals surface area contributed by atoms with E-state index in [1.165, 1.54) is 12.1 Å². The lowest BCUT2D eigenvalue weighted by atomic mass is 10.1. The molecule has 1 aromatic rings. The van der Waals surface area contributed by atoms with Gasteiger partial charge >= 0.3 is 0 Å². The van der Waals surface area contributed by atoms with Gasteiger partial charge in [0.1, 0.15) is 0 Å². The Morgan fingerprint density at radius 3 is 2.80 bits per heavy atom. The van der Waals surface area contributed by atoms with E-state index in [0.717, 1.165) is 18.4 Å². The number of carbonyl (C=O) groups excluding carboxylic acids is 1. The molecule has 0 radical (unpaired) electrons. The summed E-state index contributed by atoms with van der Waals surface area (Å²) in [5.74, 6) is 0.0251. The minimum atomic E-state index is -0.437. The third kappa shape index (κ3) is 5.36. The van der Waals surface area contributed by atoms with Gasteiger partial charge in [0.25, 0.3) is 5.69 Å². The SMILES string of the molecule is CC(N)CCCC(=O)N(C)Cc1cccc([N+](=O)[O-])c1. The number of non-ortho nitro benzene ring substituents is 1. The lowest BCUT2D eigenvalue weighted by Gasteiger charge is -2.17. The van der Waals surface area contributed by atoms with Gasteiger partial charge in [-0.1, -0.05) is 12.1 Å². The number of hydrogen-bond donors (Lipinski definition) is 1. The molecule has 110 valence electrons. The van der Waals surface area contributed by atoms with Crippen LogP contribution in [0.4, 0.5) is 5.69 Å². The molecule has 6 heteroatoms. The van der Waals surface area contributed by atoms with E-state index < -0.39 is 4.92 Å². The van der Waals surface area contributed by atoms with E-state index in [1.54, 1.807) is 24.1 Å². The Hall–Kier alpha value is -1.95. The molecule has 2 N–H and O–H groups in total. The van der Waals surface area contributed by atoms with Crippen molar-refractivity contribution >= 4 is 11.6 Å². The van der Waals surface area contributed by atoms with Crippen LogP contribution in [0.1, 0.15) is 31.7 Å². The zero-order valence-electron chi connectivity index (χ0n) is 11.9. The van der Waals surface area contributed by atoms with E-state index in [2.05, 4.69) is 0 Å². The van der Waals surface area contributed by atoms with Crippen molar-refractivity contribution in [1.82, 2.24) is 4.90 Å². The zero-order valence-corrected chi connectivity index (χ0v) is 11.9. The Kier molecular flexibility index (Phi) is 6.11. The third-order valence-corrected chi connectivity index (χ3v) is 3.02. The maximum absolute atomic E-state index is 11.9. The largest absolute Gasteiger partial charge is 0.341 e. The molecule has 1 atom stereocenters. The van der Waals surface area contributed by atoms with Crippen LogP contribution in [0.15, 0.2) is 24.3 Å². The number of carbonyl (C=O) groups is 1. The summed E-state index contributed by atoms with van der Waals surface area (Å²) in [4.78, 5) is 23.7. The molecule has 0 fully saturated rings. The number of nitro benzene ring substituents is 1. The molecule has 0 aliphatic carbocycles. The monoisotopic (exact) mass is 279 g/mol. The van der Waals surface area contributed by atoms with Gasteiger partial charge in [0.15, 0.2) is 0 Å². The second-order valence-corrected chi connectivity index (χ2v) is 5.05. The lowest BCUT2D eigenvalue weighted by Crippen LogP contribution is -2.26. The molecule has 0 bridgehead atoms. The molecular formula is C14H21N3O3. The van der Waals surface area contributed by atoms with E-state index in [-0.39, 0.29) is 17.6 Å². The van der Waals surface area contributed by atoms with Crippen molar-refractivity contribution < 1.29 is 9.72 Å². The first-order valence-corrected chi connectivity index (χ1v) is 6.63. The highest BCUT2D eigenvalue weighted by Gasteiger charge is 2.11. The van der Waals surface area contributed by atoms with Gasteiger partial charge in [0, 0.05) is 38.2 Å². The molecule has 0 heterocycles. The van der Waals surface area contributed by atoms with Crippen LogP contribution in [-0.2, 0) is 11.3 Å². The minimum absolute atomic E-state index is 0.0251. The molecule has 0 aromatic heterocycles. The number of amides is 1. The maximum atomic E-state index is 11.9. The average Bonchev–Trinajstić information content (AvgIpc) is 2.38. The van der Waals surface area contributed by atoms with Gasteiger partial charge in [-0.3, -0.25) is 14.9 Å². The van der Waals surface area contributed by atoms with Crippen molar-refractivity contribution in [3.63, 3.8) is 0 Å². The van der Waals surface area contributed by atoms with Crippen LogP contribution in [0, 0.1) is 10.1 Å². The second-order valence-electron chi connectivity index (χ2n) is 5.05. The molecule has 1 amide bonds. The third-order valence-electron chi connectivity index (χ3n) is 3.02. The first kappa shape index (κ1) is 16.1. The van der Waals surface area contributed by atoms with E-state index in [4.69, 9.17) is 5.73 Å². The summed E-state index contributed by atoms with van der Waals surface area (Å²) in [6.45, 7) is 2.29. The molecule has 6 nitrogen and oxygen atoms in total. The standard InChI is InChI=1S/C14H21N3O3/c1-11(15)5-3-8-14(18)16(2)10-12-6-4-7-13(9-12)17(19)20/h4,6-7,9,11H,3,5,8,10,15H2,1-2H3. The quantitative estimate of drug-likeness (QED) is 0.611. The number of nitrogens with two attached hydrogens (primary N) is 1. The van der Waals surface area contributed by atoms with Crippen molar-refractivity contribution in [3.05, 3.63) is 39.9 Å². The predicted molar refractivity (Wildman–Crippen MR) is 77.1 cm³/mol. The minimum Gasteiger partial charge on any atom is -0.341 e. The fraction of sp³-hybridized carbons (Fsp3) is 0.500. The van der Waals surface area contributed by atoms with Crippen LogP contribution in [0.25, 0.3) is 0 Å². The molecule has 0 aliphatic heterocycles. The molecule has 0 aliphatic rings. The molecule has 20 heavy (non-hydrogen) atoms. The van der Waals surface area contributed by atoms with Gasteiger partial charge in [-0.05, 0) is 25.3 Å². The van der Waals surface area contributed by atoms with Gasteiger partial charge in [-0.25, -0.2) is 0 Å². The number of nitro groups is 1. The number of hydrogen-bond acceptors (Lipinski definition) is 4. The summed E-state index contributed by atoms with van der Waals surface area (Å²) in [6, 6.07) is 6.44. The first-order chi connectivity index (χ1) is 9.40. The lowest BCUT2D eigenvalue weighted by molar-refractivity contribution is -0.384. The smallest absolute Gasteiger partial charge is 0.269 e. The van der Waals surface area contributed by atoms with E-state index in [1.807, 2.05) is 6.92 Å². The van der Waals surface area contributed by atoms with Crippen LogP contribution in [0.3, 0.4) is 0 Å². The molecule has 1 rings (SSSR count). The Labute approximate surface area is 118 Å². The number of benzene rings is 1. The van der Waals surface area contributed by atoms with Crippen molar-refractivity contribution in [3.8, 4) is 0 Å². The Morgan fingerprint density at radius 1 is 1.50 bits per heavy atom. The second kappa shape index (κ2) is 7.59. The van der Waals surface area contributed by atoms with Gasteiger partial charge in [0.05, 0.1) is 4.92 Å². The molecule has 1 aromatic carbocycles. The van der Waals surface area contributed by atoms with Crippen LogP contribution in [0.2, 0.25) is 0 Å². The molecule has 0 saturated carbocycles. The van der Waals surface area contributed by atoms with Crippen molar-refractivity contribution in [2.45, 2.75) is 38.8 Å². The van der Waals surface area contributed by atoms with Gasteiger partial charge in [0.2, 0.25) is 5.91 Å². The highest BCUT2D eigenvalue weighted by atomic mass is 16.6. The highest BCUT2D eigenvalue weighted by molar-refractivity contribution is 5.75. The highest BCUT2D eigenvalue weighted by Crippen LogP contribution is 2.15. The van der Waals surface area contributed by atoms with Gasteiger partial charge in [-0.15, -0.1) is 0 Å². The number of rotatable bonds is 7. The Bertz CT molecular complexity index is 474. The normalized spacial score (nSPS) is 11.9. The molecular weight excluding hydrogens is 258 g/mol. The van der Waals surface area contributed by atoms with Gasteiger partial charge in [-0.2, -0.15) is 0 Å². The summed E-state index contributed by atoms with van der Waals surface area (Å²) >= 11 is 0. The van der Waals surface area contributed by atoms with Crippen molar-refractivity contribution in [1.29, 1.82) is 0 Å². The topological polar surface area (TPSA) is 89.5 Å².